The van der Waals surface area contributed by atoms with Gasteiger partial charge in [-0.2, -0.15) is 0 Å². The molecule has 0 heterocycles. The fraction of sp³-hybridized carbons (Fsp3) is 0.200. The van der Waals surface area contributed by atoms with Crippen molar-refractivity contribution in [2.75, 3.05) is 6.61 Å². The zero-order valence-electron chi connectivity index (χ0n) is 8.50. The Morgan fingerprint density at radius 3 is 2.56 bits per heavy atom. The first-order chi connectivity index (χ1) is 7.57. The van der Waals surface area contributed by atoms with Crippen molar-refractivity contribution >= 4 is 17.4 Å². The topological polar surface area (TPSA) is 86.5 Å². The first-order valence-electron chi connectivity index (χ1n) is 4.52. The molecular formula is C10H9NO5. The summed E-state index contributed by atoms with van der Waals surface area (Å²) in [5.41, 5.74) is -0.661. The SMILES string of the molecule is CCOC(=O)C(=O)c1ccccc1[N+](=O)[O-]. The molecule has 0 saturated carbocycles. The number of esters is 1. The lowest BCUT2D eigenvalue weighted by molar-refractivity contribution is -0.385. The number of ketones is 1. The minimum atomic E-state index is -1.09. The maximum atomic E-state index is 11.5. The Balaban J connectivity index is 3.08. The van der Waals surface area contributed by atoms with E-state index in [0.717, 1.165) is 6.07 Å². The highest BCUT2D eigenvalue weighted by molar-refractivity contribution is 6.41. The highest BCUT2D eigenvalue weighted by atomic mass is 16.6. The molecule has 0 saturated heterocycles. The number of hydrogen-bond donors (Lipinski definition) is 0. The highest BCUT2D eigenvalue weighted by Gasteiger charge is 2.25. The summed E-state index contributed by atoms with van der Waals surface area (Å²) in [6, 6.07) is 5.24. The van der Waals surface area contributed by atoms with Gasteiger partial charge in [-0.15, -0.1) is 0 Å². The van der Waals surface area contributed by atoms with Gasteiger partial charge >= 0.3 is 5.97 Å². The highest BCUT2D eigenvalue weighted by Crippen LogP contribution is 2.18. The number of carbonyl (C=O) groups is 2. The van der Waals surface area contributed by atoms with Crippen LogP contribution >= 0.6 is 0 Å². The van der Waals surface area contributed by atoms with Gasteiger partial charge in [0.05, 0.1) is 11.5 Å². The molecule has 0 fully saturated rings. The van der Waals surface area contributed by atoms with Gasteiger partial charge in [-0.25, -0.2) is 4.79 Å². The standard InChI is InChI=1S/C10H9NO5/c1-2-16-10(13)9(12)7-5-3-4-6-8(7)11(14)15/h3-6H,2H2,1H3. The van der Waals surface area contributed by atoms with E-state index in [0.29, 0.717) is 0 Å². The summed E-state index contributed by atoms with van der Waals surface area (Å²) < 4.78 is 4.48. The van der Waals surface area contributed by atoms with E-state index in [4.69, 9.17) is 0 Å². The minimum Gasteiger partial charge on any atom is -0.460 e. The molecule has 0 aliphatic heterocycles. The number of carbonyl (C=O) groups excluding carboxylic acids is 2. The van der Waals surface area contributed by atoms with E-state index in [1.165, 1.54) is 18.2 Å². The molecule has 0 spiro atoms. The number of Topliss-reactive ketones (excluding diaryl/α,β-unsaturated/α-hetero) is 1. The van der Waals surface area contributed by atoms with Crippen molar-refractivity contribution < 1.29 is 19.2 Å². The van der Waals surface area contributed by atoms with E-state index < -0.39 is 22.4 Å². The molecule has 1 rings (SSSR count). The Morgan fingerprint density at radius 2 is 2.00 bits per heavy atom. The van der Waals surface area contributed by atoms with E-state index in [9.17, 15) is 19.7 Å². The van der Waals surface area contributed by atoms with E-state index in [1.807, 2.05) is 0 Å². The number of hydrogen-bond acceptors (Lipinski definition) is 5. The molecule has 6 nitrogen and oxygen atoms in total. The van der Waals surface area contributed by atoms with Gasteiger partial charge in [0.25, 0.3) is 11.5 Å². The smallest absolute Gasteiger partial charge is 0.379 e. The molecule has 6 heteroatoms. The van der Waals surface area contributed by atoms with Crippen LogP contribution in [0.4, 0.5) is 5.69 Å². The number of nitro groups is 1. The van der Waals surface area contributed by atoms with Crippen LogP contribution in [0.25, 0.3) is 0 Å². The predicted octanol–water partition coefficient (Wildman–Crippen LogP) is 1.34. The van der Waals surface area contributed by atoms with Crippen LogP contribution in [0.1, 0.15) is 17.3 Å². The average molecular weight is 223 g/mol. The van der Waals surface area contributed by atoms with Gasteiger partial charge in [0, 0.05) is 6.07 Å². The Morgan fingerprint density at radius 1 is 1.38 bits per heavy atom. The van der Waals surface area contributed by atoms with Crippen LogP contribution in [0.3, 0.4) is 0 Å². The molecule has 0 radical (unpaired) electrons. The molecular weight excluding hydrogens is 214 g/mol. The van der Waals surface area contributed by atoms with Crippen molar-refractivity contribution in [3.63, 3.8) is 0 Å². The van der Waals surface area contributed by atoms with E-state index in [1.54, 1.807) is 6.92 Å². The number of benzene rings is 1. The van der Waals surface area contributed by atoms with Gasteiger partial charge in [0.15, 0.2) is 0 Å². The van der Waals surface area contributed by atoms with Crippen molar-refractivity contribution in [3.05, 3.63) is 39.9 Å². The average Bonchev–Trinajstić information content (AvgIpc) is 2.28. The van der Waals surface area contributed by atoms with Crippen molar-refractivity contribution in [2.45, 2.75) is 6.92 Å². The third kappa shape index (κ3) is 2.41. The normalized spacial score (nSPS) is 9.56. The van der Waals surface area contributed by atoms with Crippen molar-refractivity contribution in [2.24, 2.45) is 0 Å². The fourth-order valence-electron chi connectivity index (χ4n) is 1.13. The summed E-state index contributed by atoms with van der Waals surface area (Å²) in [7, 11) is 0. The molecule has 0 bridgehead atoms. The number of ether oxygens (including phenoxy) is 1. The summed E-state index contributed by atoms with van der Waals surface area (Å²) in [5, 5.41) is 10.6. The largest absolute Gasteiger partial charge is 0.460 e. The van der Waals surface area contributed by atoms with E-state index >= 15 is 0 Å². The van der Waals surface area contributed by atoms with Gasteiger partial charge in [0.2, 0.25) is 0 Å². The van der Waals surface area contributed by atoms with Crippen LogP contribution in [-0.4, -0.2) is 23.3 Å². The second-order valence-electron chi connectivity index (χ2n) is 2.82. The molecule has 0 aliphatic carbocycles. The Kier molecular flexibility index (Phi) is 3.71. The lowest BCUT2D eigenvalue weighted by atomic mass is 10.1. The third-order valence-corrected chi connectivity index (χ3v) is 1.81. The van der Waals surface area contributed by atoms with Crippen LogP contribution in [0.2, 0.25) is 0 Å². The lowest BCUT2D eigenvalue weighted by Crippen LogP contribution is -2.18. The monoisotopic (exact) mass is 223 g/mol. The first kappa shape index (κ1) is 11.8. The Labute approximate surface area is 91.0 Å². The van der Waals surface area contributed by atoms with Crippen LogP contribution < -0.4 is 0 Å². The minimum absolute atomic E-state index is 0.0468. The van der Waals surface area contributed by atoms with E-state index in [-0.39, 0.29) is 12.2 Å². The Hall–Kier alpha value is -2.24. The van der Waals surface area contributed by atoms with Gasteiger partial charge in [-0.3, -0.25) is 14.9 Å². The summed E-state index contributed by atoms with van der Waals surface area (Å²) in [6.07, 6.45) is 0. The zero-order chi connectivity index (χ0) is 12.1. The molecule has 84 valence electrons. The Bertz CT molecular complexity index is 441. The molecule has 0 amide bonds. The summed E-state index contributed by atoms with van der Waals surface area (Å²) in [6.45, 7) is 1.59. The number of para-hydroxylation sites is 1. The summed E-state index contributed by atoms with van der Waals surface area (Å²) in [5.74, 6) is -2.09. The molecule has 1 aromatic rings. The molecule has 0 aromatic heterocycles. The van der Waals surface area contributed by atoms with Crippen LogP contribution in [-0.2, 0) is 9.53 Å². The second kappa shape index (κ2) is 5.01. The molecule has 0 unspecified atom stereocenters. The molecule has 0 atom stereocenters. The first-order valence-corrected chi connectivity index (χ1v) is 4.52. The van der Waals surface area contributed by atoms with Crippen molar-refractivity contribution in [1.82, 2.24) is 0 Å². The number of rotatable bonds is 4. The van der Waals surface area contributed by atoms with Crippen LogP contribution in [0, 0.1) is 10.1 Å². The van der Waals surface area contributed by atoms with Gasteiger partial charge in [-0.05, 0) is 13.0 Å². The third-order valence-electron chi connectivity index (χ3n) is 1.81. The molecule has 16 heavy (non-hydrogen) atoms. The quantitative estimate of drug-likeness (QED) is 0.253. The number of nitrogens with zero attached hydrogens (tertiary/aromatic N) is 1. The van der Waals surface area contributed by atoms with Crippen molar-refractivity contribution in [3.8, 4) is 0 Å². The fourth-order valence-corrected chi connectivity index (χ4v) is 1.13. The van der Waals surface area contributed by atoms with Crippen molar-refractivity contribution in [1.29, 1.82) is 0 Å². The number of nitro benzene ring substituents is 1. The zero-order valence-corrected chi connectivity index (χ0v) is 8.50. The predicted molar refractivity (Wildman–Crippen MR) is 54.1 cm³/mol. The van der Waals surface area contributed by atoms with Gasteiger partial charge in [-0.1, -0.05) is 12.1 Å². The van der Waals surface area contributed by atoms with Crippen LogP contribution in [0.15, 0.2) is 24.3 Å². The van der Waals surface area contributed by atoms with Crippen LogP contribution in [0.5, 0.6) is 0 Å². The maximum Gasteiger partial charge on any atom is 0.379 e. The lowest BCUT2D eigenvalue weighted by Gasteiger charge is -2.01. The molecule has 0 N–H and O–H groups in total. The van der Waals surface area contributed by atoms with Gasteiger partial charge in [0.1, 0.15) is 5.56 Å². The van der Waals surface area contributed by atoms with Gasteiger partial charge < -0.3 is 4.74 Å². The summed E-state index contributed by atoms with van der Waals surface area (Å²) >= 11 is 0. The maximum absolute atomic E-state index is 11.5. The second-order valence-corrected chi connectivity index (χ2v) is 2.82. The molecule has 1 aromatic carbocycles. The summed E-state index contributed by atoms with van der Waals surface area (Å²) in [4.78, 5) is 32.5. The molecule has 0 aliphatic rings. The van der Waals surface area contributed by atoms with E-state index in [2.05, 4.69) is 4.74 Å².